The van der Waals surface area contributed by atoms with Crippen LogP contribution < -0.4 is 11.5 Å². The highest BCUT2D eigenvalue weighted by Gasteiger charge is 2.50. The van der Waals surface area contributed by atoms with E-state index in [0.29, 0.717) is 30.3 Å². The summed E-state index contributed by atoms with van der Waals surface area (Å²) >= 11 is 0. The largest absolute Gasteiger partial charge is 0.327 e. The van der Waals surface area contributed by atoms with Gasteiger partial charge in [-0.1, -0.05) is 12.1 Å². The van der Waals surface area contributed by atoms with E-state index in [1.165, 1.54) is 6.07 Å². The van der Waals surface area contributed by atoms with Gasteiger partial charge in [0.1, 0.15) is 17.6 Å². The van der Waals surface area contributed by atoms with Gasteiger partial charge in [-0.3, -0.25) is 4.98 Å². The predicted octanol–water partition coefficient (Wildman–Crippen LogP) is 3.58. The molecule has 0 aliphatic heterocycles. The molecule has 4 atom stereocenters. The molecular formula is C24H25F2N5. The van der Waals surface area contributed by atoms with Crippen LogP contribution in [-0.4, -0.2) is 32.6 Å². The topological polar surface area (TPSA) is 82.2 Å². The van der Waals surface area contributed by atoms with E-state index in [2.05, 4.69) is 9.97 Å². The first-order chi connectivity index (χ1) is 15.0. The summed E-state index contributed by atoms with van der Waals surface area (Å²) in [5, 5.41) is 0.813. The number of fused-ring (bicyclic) bond motifs is 2. The molecule has 5 nitrogen and oxygen atoms in total. The van der Waals surface area contributed by atoms with Crippen LogP contribution in [0.3, 0.4) is 0 Å². The first-order valence-electron chi connectivity index (χ1n) is 10.6. The monoisotopic (exact) mass is 421 g/mol. The Labute approximate surface area is 179 Å². The summed E-state index contributed by atoms with van der Waals surface area (Å²) in [5.74, 6) is -0.400. The van der Waals surface area contributed by atoms with Gasteiger partial charge in [-0.05, 0) is 55.0 Å². The molecule has 0 spiro atoms. The number of hydrogen-bond donors (Lipinski definition) is 2. The van der Waals surface area contributed by atoms with E-state index in [9.17, 15) is 0 Å². The summed E-state index contributed by atoms with van der Waals surface area (Å²) in [6.07, 6.45) is 7.31. The number of halogens is 2. The third-order valence-corrected chi connectivity index (χ3v) is 6.78. The van der Waals surface area contributed by atoms with Crippen molar-refractivity contribution in [1.82, 2.24) is 14.4 Å². The highest BCUT2D eigenvalue weighted by atomic mass is 19.1. The quantitative estimate of drug-likeness (QED) is 0.528. The number of pyridine rings is 2. The molecule has 5 rings (SSSR count). The molecule has 1 saturated carbocycles. The van der Waals surface area contributed by atoms with Crippen LogP contribution in [0.1, 0.15) is 24.0 Å². The van der Waals surface area contributed by atoms with E-state index in [1.54, 1.807) is 24.5 Å². The minimum absolute atomic E-state index is 0.154. The number of aromatic nitrogens is 3. The molecule has 4 N–H and O–H groups in total. The standard InChI is InChI=1S/C24H25F2N5/c25-18-12-20-15(3-1-7-29-20)11-17(18)14-24(21(28)6-5-19(27)22(24)26)13-16-4-2-9-31-10-8-30-23(16)31/h1-4,7-12,19,21-22H,5-6,13-14,27-28H2. The van der Waals surface area contributed by atoms with Crippen molar-refractivity contribution in [3.8, 4) is 0 Å². The van der Waals surface area contributed by atoms with E-state index < -0.39 is 29.5 Å². The Morgan fingerprint density at radius 3 is 2.71 bits per heavy atom. The molecule has 3 aromatic heterocycles. The van der Waals surface area contributed by atoms with Gasteiger partial charge in [0, 0.05) is 53.7 Å². The smallest absolute Gasteiger partial charge is 0.139 e. The van der Waals surface area contributed by atoms with Gasteiger partial charge < -0.3 is 15.9 Å². The van der Waals surface area contributed by atoms with Crippen molar-refractivity contribution in [3.63, 3.8) is 0 Å². The summed E-state index contributed by atoms with van der Waals surface area (Å²) in [7, 11) is 0. The lowest BCUT2D eigenvalue weighted by atomic mass is 9.61. The van der Waals surface area contributed by atoms with Crippen LogP contribution in [0.4, 0.5) is 8.78 Å². The van der Waals surface area contributed by atoms with Crippen molar-refractivity contribution >= 4 is 16.6 Å². The van der Waals surface area contributed by atoms with Crippen LogP contribution in [0.2, 0.25) is 0 Å². The molecule has 3 heterocycles. The fraction of sp³-hybridized carbons (Fsp3) is 0.333. The van der Waals surface area contributed by atoms with E-state index in [4.69, 9.17) is 11.5 Å². The van der Waals surface area contributed by atoms with Gasteiger partial charge in [0.15, 0.2) is 0 Å². The third-order valence-electron chi connectivity index (χ3n) is 6.78. The highest BCUT2D eigenvalue weighted by molar-refractivity contribution is 5.79. The van der Waals surface area contributed by atoms with Gasteiger partial charge in [0.25, 0.3) is 0 Å². The fourth-order valence-corrected chi connectivity index (χ4v) is 5.09. The second-order valence-electron chi connectivity index (χ2n) is 8.67. The molecule has 0 saturated heterocycles. The molecule has 1 aromatic carbocycles. The SMILES string of the molecule is NC1CCC(N)C(Cc2cc3cccnc3cc2F)(Cc2cccn3ccnc23)C1F. The first kappa shape index (κ1) is 20.0. The number of alkyl halides is 1. The van der Waals surface area contributed by atoms with Gasteiger partial charge in [0.05, 0.1) is 5.52 Å². The number of nitrogens with zero attached hydrogens (tertiary/aromatic N) is 3. The lowest BCUT2D eigenvalue weighted by molar-refractivity contribution is 0.0188. The molecule has 1 aliphatic rings. The van der Waals surface area contributed by atoms with Crippen LogP contribution in [0, 0.1) is 11.2 Å². The molecule has 4 unspecified atom stereocenters. The van der Waals surface area contributed by atoms with E-state index in [1.807, 2.05) is 35.0 Å². The second-order valence-corrected chi connectivity index (χ2v) is 8.67. The molecule has 160 valence electrons. The first-order valence-corrected chi connectivity index (χ1v) is 10.6. The molecule has 1 fully saturated rings. The van der Waals surface area contributed by atoms with Gasteiger partial charge >= 0.3 is 0 Å². The minimum atomic E-state index is -1.37. The lowest BCUT2D eigenvalue weighted by Crippen LogP contribution is -2.60. The van der Waals surface area contributed by atoms with Crippen LogP contribution in [0.15, 0.2) is 61.2 Å². The molecule has 4 aromatic rings. The van der Waals surface area contributed by atoms with E-state index >= 15 is 8.78 Å². The summed E-state index contributed by atoms with van der Waals surface area (Å²) in [6.45, 7) is 0. The summed E-state index contributed by atoms with van der Waals surface area (Å²) in [6, 6.07) is 9.60. The average Bonchev–Trinajstić information content (AvgIpc) is 3.25. The third kappa shape index (κ3) is 3.38. The van der Waals surface area contributed by atoms with Gasteiger partial charge in [-0.25, -0.2) is 13.8 Å². The van der Waals surface area contributed by atoms with Crippen LogP contribution >= 0.6 is 0 Å². The minimum Gasteiger partial charge on any atom is -0.327 e. The van der Waals surface area contributed by atoms with Crippen molar-refractivity contribution in [1.29, 1.82) is 0 Å². The Morgan fingerprint density at radius 1 is 1.00 bits per heavy atom. The lowest BCUT2D eigenvalue weighted by Gasteiger charge is -2.48. The zero-order valence-corrected chi connectivity index (χ0v) is 17.1. The maximum Gasteiger partial charge on any atom is 0.139 e. The molecule has 1 aliphatic carbocycles. The Bertz CT molecular complexity index is 1240. The van der Waals surface area contributed by atoms with Crippen molar-refractivity contribution in [3.05, 3.63) is 78.1 Å². The second kappa shape index (κ2) is 7.66. The molecule has 0 bridgehead atoms. The van der Waals surface area contributed by atoms with Crippen LogP contribution in [0.5, 0.6) is 0 Å². The van der Waals surface area contributed by atoms with Gasteiger partial charge in [-0.15, -0.1) is 0 Å². The fourth-order valence-electron chi connectivity index (χ4n) is 5.09. The maximum atomic E-state index is 15.9. The number of rotatable bonds is 4. The van der Waals surface area contributed by atoms with Crippen molar-refractivity contribution in [2.24, 2.45) is 16.9 Å². The van der Waals surface area contributed by atoms with Crippen LogP contribution in [0.25, 0.3) is 16.6 Å². The van der Waals surface area contributed by atoms with Crippen molar-refractivity contribution in [2.45, 2.75) is 43.9 Å². The van der Waals surface area contributed by atoms with Crippen LogP contribution in [-0.2, 0) is 12.8 Å². The average molecular weight is 421 g/mol. The normalized spacial score (nSPS) is 26.5. The van der Waals surface area contributed by atoms with Crippen molar-refractivity contribution in [2.75, 3.05) is 0 Å². The molecule has 7 heteroatoms. The Morgan fingerprint density at radius 2 is 1.84 bits per heavy atom. The summed E-state index contributed by atoms with van der Waals surface area (Å²) in [4.78, 5) is 8.65. The van der Waals surface area contributed by atoms with Gasteiger partial charge in [0.2, 0.25) is 0 Å². The highest BCUT2D eigenvalue weighted by Crippen LogP contribution is 2.44. The van der Waals surface area contributed by atoms with E-state index in [0.717, 1.165) is 16.6 Å². The molecule has 0 radical (unpaired) electrons. The molecule has 31 heavy (non-hydrogen) atoms. The number of benzene rings is 1. The zero-order valence-electron chi connectivity index (χ0n) is 17.1. The predicted molar refractivity (Wildman–Crippen MR) is 117 cm³/mol. The number of nitrogens with two attached hydrogens (primary N) is 2. The summed E-state index contributed by atoms with van der Waals surface area (Å²) in [5.41, 5.74) is 14.4. The Hall–Kier alpha value is -2.90. The molecule has 0 amide bonds. The Balaban J connectivity index is 1.63. The maximum absolute atomic E-state index is 15.9. The number of imidazole rings is 1. The van der Waals surface area contributed by atoms with E-state index in [-0.39, 0.29) is 6.42 Å². The summed E-state index contributed by atoms with van der Waals surface area (Å²) < 4.78 is 32.9. The Kier molecular flexibility index (Phi) is 4.95. The van der Waals surface area contributed by atoms with Crippen molar-refractivity contribution < 1.29 is 8.78 Å². The zero-order chi connectivity index (χ0) is 21.6. The number of hydrogen-bond acceptors (Lipinski definition) is 4. The van der Waals surface area contributed by atoms with Gasteiger partial charge in [-0.2, -0.15) is 0 Å². The molecular weight excluding hydrogens is 396 g/mol.